The molecule has 12 heavy (non-hydrogen) atoms. The van der Waals surface area contributed by atoms with Gasteiger partial charge in [-0.3, -0.25) is 4.79 Å². The Balaban J connectivity index is 2.57. The summed E-state index contributed by atoms with van der Waals surface area (Å²) in [6.45, 7) is 0. The molecular weight excluding hydrogens is 172 g/mol. The van der Waals surface area contributed by atoms with Gasteiger partial charge in [-0.1, -0.05) is 0 Å². The van der Waals surface area contributed by atoms with Gasteiger partial charge < -0.3 is 4.90 Å². The molecular formula is C8H10N2OS. The van der Waals surface area contributed by atoms with Crippen LogP contribution < -0.4 is 0 Å². The zero-order valence-corrected chi connectivity index (χ0v) is 7.84. The zero-order chi connectivity index (χ0) is 8.97. The fraction of sp³-hybridized carbons (Fsp3) is 0.250. The second kappa shape index (κ2) is 4.01. The van der Waals surface area contributed by atoms with E-state index in [2.05, 4.69) is 4.98 Å². The van der Waals surface area contributed by atoms with Crippen molar-refractivity contribution in [3.05, 3.63) is 22.7 Å². The minimum Gasteiger partial charge on any atom is -0.345 e. The minimum atomic E-state index is -0.0230. The third-order valence-corrected chi connectivity index (χ3v) is 2.00. The molecule has 0 N–H and O–H groups in total. The van der Waals surface area contributed by atoms with Crippen LogP contribution in [0.3, 0.4) is 0 Å². The quantitative estimate of drug-likeness (QED) is 0.645. The average molecular weight is 182 g/mol. The first kappa shape index (κ1) is 8.93. The van der Waals surface area contributed by atoms with Crippen LogP contribution in [0.15, 0.2) is 17.7 Å². The van der Waals surface area contributed by atoms with Crippen molar-refractivity contribution < 1.29 is 4.79 Å². The summed E-state index contributed by atoms with van der Waals surface area (Å²) >= 11 is 1.51. The Labute approximate surface area is 75.3 Å². The van der Waals surface area contributed by atoms with E-state index in [0.717, 1.165) is 5.01 Å². The van der Waals surface area contributed by atoms with Gasteiger partial charge in [-0.2, -0.15) is 0 Å². The molecule has 0 fully saturated rings. The summed E-state index contributed by atoms with van der Waals surface area (Å²) in [6, 6.07) is 0. The third-order valence-electron chi connectivity index (χ3n) is 1.26. The predicted octanol–water partition coefficient (Wildman–Crippen LogP) is 1.24. The maximum Gasteiger partial charge on any atom is 0.246 e. The highest BCUT2D eigenvalue weighted by atomic mass is 32.1. The monoisotopic (exact) mass is 182 g/mol. The van der Waals surface area contributed by atoms with Crippen LogP contribution in [0.2, 0.25) is 0 Å². The highest BCUT2D eigenvalue weighted by molar-refractivity contribution is 7.10. The maximum absolute atomic E-state index is 11.1. The molecule has 0 saturated carbocycles. The number of likely N-dealkylation sites (N-methyl/N-ethyl adjacent to an activating group) is 1. The largest absolute Gasteiger partial charge is 0.345 e. The van der Waals surface area contributed by atoms with Gasteiger partial charge in [-0.15, -0.1) is 11.3 Å². The minimum absolute atomic E-state index is 0.0230. The lowest BCUT2D eigenvalue weighted by Gasteiger charge is -2.04. The highest BCUT2D eigenvalue weighted by Crippen LogP contribution is 2.05. The first-order chi connectivity index (χ1) is 5.70. The van der Waals surface area contributed by atoms with E-state index < -0.39 is 0 Å². The van der Waals surface area contributed by atoms with E-state index in [1.165, 1.54) is 22.3 Å². The highest BCUT2D eigenvalue weighted by Gasteiger charge is 1.96. The van der Waals surface area contributed by atoms with Gasteiger partial charge in [0.05, 0.1) is 0 Å². The molecule has 1 aromatic heterocycles. The Hall–Kier alpha value is -1.16. The summed E-state index contributed by atoms with van der Waals surface area (Å²) in [4.78, 5) is 16.6. The summed E-state index contributed by atoms with van der Waals surface area (Å²) < 4.78 is 0. The van der Waals surface area contributed by atoms with Crippen molar-refractivity contribution in [3.63, 3.8) is 0 Å². The van der Waals surface area contributed by atoms with Crippen LogP contribution in [-0.2, 0) is 4.79 Å². The van der Waals surface area contributed by atoms with Crippen LogP contribution in [0.25, 0.3) is 6.08 Å². The Morgan fingerprint density at radius 2 is 2.42 bits per heavy atom. The molecule has 0 radical (unpaired) electrons. The fourth-order valence-electron chi connectivity index (χ4n) is 0.608. The van der Waals surface area contributed by atoms with Gasteiger partial charge in [0.1, 0.15) is 5.01 Å². The number of aromatic nitrogens is 1. The number of carbonyl (C=O) groups is 1. The normalized spacial score (nSPS) is 10.5. The van der Waals surface area contributed by atoms with E-state index in [1.54, 1.807) is 26.4 Å². The van der Waals surface area contributed by atoms with Crippen molar-refractivity contribution in [3.8, 4) is 0 Å². The van der Waals surface area contributed by atoms with Crippen molar-refractivity contribution in [2.75, 3.05) is 14.1 Å². The number of amides is 1. The molecule has 0 aliphatic rings. The molecule has 1 amide bonds. The van der Waals surface area contributed by atoms with E-state index >= 15 is 0 Å². The van der Waals surface area contributed by atoms with Gasteiger partial charge in [0, 0.05) is 31.7 Å². The van der Waals surface area contributed by atoms with Crippen molar-refractivity contribution in [2.45, 2.75) is 0 Å². The van der Waals surface area contributed by atoms with Crippen molar-refractivity contribution in [2.24, 2.45) is 0 Å². The van der Waals surface area contributed by atoms with Crippen LogP contribution in [0.1, 0.15) is 5.01 Å². The summed E-state index contributed by atoms with van der Waals surface area (Å²) in [5, 5.41) is 2.73. The molecule has 0 saturated heterocycles. The summed E-state index contributed by atoms with van der Waals surface area (Å²) in [5.41, 5.74) is 0. The van der Waals surface area contributed by atoms with Crippen LogP contribution in [-0.4, -0.2) is 29.9 Å². The topological polar surface area (TPSA) is 33.2 Å². The lowest BCUT2D eigenvalue weighted by molar-refractivity contribution is -0.123. The van der Waals surface area contributed by atoms with Crippen molar-refractivity contribution in [1.29, 1.82) is 0 Å². The van der Waals surface area contributed by atoms with Crippen LogP contribution >= 0.6 is 11.3 Å². The summed E-state index contributed by atoms with van der Waals surface area (Å²) in [6.07, 6.45) is 4.94. The molecule has 0 atom stereocenters. The Morgan fingerprint density at radius 1 is 1.67 bits per heavy atom. The molecule has 0 aromatic carbocycles. The predicted molar refractivity (Wildman–Crippen MR) is 49.8 cm³/mol. The molecule has 64 valence electrons. The van der Waals surface area contributed by atoms with Gasteiger partial charge in [0.15, 0.2) is 0 Å². The van der Waals surface area contributed by atoms with Crippen LogP contribution in [0, 0.1) is 0 Å². The molecule has 0 aliphatic heterocycles. The lowest BCUT2D eigenvalue weighted by atomic mass is 10.4. The molecule has 0 bridgehead atoms. The second-order valence-electron chi connectivity index (χ2n) is 2.44. The Bertz CT molecular complexity index is 277. The van der Waals surface area contributed by atoms with E-state index in [9.17, 15) is 4.79 Å². The van der Waals surface area contributed by atoms with Crippen LogP contribution in [0.4, 0.5) is 0 Å². The number of nitrogens with zero attached hydrogens (tertiary/aromatic N) is 2. The molecule has 0 aliphatic carbocycles. The maximum atomic E-state index is 11.1. The zero-order valence-electron chi connectivity index (χ0n) is 7.02. The molecule has 1 rings (SSSR count). The molecule has 1 aromatic rings. The van der Waals surface area contributed by atoms with Crippen molar-refractivity contribution in [1.82, 2.24) is 9.88 Å². The number of hydrogen-bond donors (Lipinski definition) is 0. The molecule has 3 nitrogen and oxygen atoms in total. The number of thiazole rings is 1. The smallest absolute Gasteiger partial charge is 0.246 e. The average Bonchev–Trinajstić information content (AvgIpc) is 2.51. The lowest BCUT2D eigenvalue weighted by Crippen LogP contribution is -2.18. The van der Waals surface area contributed by atoms with E-state index in [-0.39, 0.29) is 5.91 Å². The summed E-state index contributed by atoms with van der Waals surface area (Å²) in [5.74, 6) is -0.0230. The standard InChI is InChI=1S/C8H10N2OS/c1-10(2)8(11)4-3-7-9-5-6-12-7/h3-6H,1-2H3. The van der Waals surface area contributed by atoms with E-state index in [1.807, 2.05) is 5.38 Å². The number of carbonyl (C=O) groups excluding carboxylic acids is 1. The number of hydrogen-bond acceptors (Lipinski definition) is 3. The van der Waals surface area contributed by atoms with Gasteiger partial charge >= 0.3 is 0 Å². The van der Waals surface area contributed by atoms with E-state index in [0.29, 0.717) is 0 Å². The summed E-state index contributed by atoms with van der Waals surface area (Å²) in [7, 11) is 3.43. The molecule has 4 heteroatoms. The first-order valence-corrected chi connectivity index (χ1v) is 4.37. The molecule has 0 spiro atoms. The first-order valence-electron chi connectivity index (χ1n) is 3.49. The van der Waals surface area contributed by atoms with Gasteiger partial charge in [-0.05, 0) is 6.08 Å². The SMILES string of the molecule is CN(C)C(=O)C=Cc1nccs1. The van der Waals surface area contributed by atoms with Gasteiger partial charge in [0.2, 0.25) is 5.91 Å². The number of rotatable bonds is 2. The second-order valence-corrected chi connectivity index (χ2v) is 3.36. The van der Waals surface area contributed by atoms with Gasteiger partial charge in [0.25, 0.3) is 0 Å². The van der Waals surface area contributed by atoms with E-state index in [4.69, 9.17) is 0 Å². The van der Waals surface area contributed by atoms with Gasteiger partial charge in [-0.25, -0.2) is 4.98 Å². The van der Waals surface area contributed by atoms with Crippen LogP contribution in [0.5, 0.6) is 0 Å². The third kappa shape index (κ3) is 2.47. The molecule has 1 heterocycles. The molecule has 0 unspecified atom stereocenters. The Morgan fingerprint density at radius 3 is 2.92 bits per heavy atom. The Kier molecular flexibility index (Phi) is 2.99. The fourth-order valence-corrected chi connectivity index (χ4v) is 1.14. The van der Waals surface area contributed by atoms with Crippen molar-refractivity contribution >= 4 is 23.3 Å².